The molecule has 2 aromatic heterocycles. The lowest BCUT2D eigenvalue weighted by Gasteiger charge is -1.79. The first-order valence-corrected chi connectivity index (χ1v) is 3.80. The monoisotopic (exact) mass is 194 g/mol. The maximum Gasteiger partial charge on any atom is 0.189 e. The van der Waals surface area contributed by atoms with Gasteiger partial charge in [0.05, 0.1) is 23.9 Å². The van der Waals surface area contributed by atoms with Crippen LogP contribution >= 0.6 is 0 Å². The first-order chi connectivity index (χ1) is 6.74. The van der Waals surface area contributed by atoms with Gasteiger partial charge in [-0.1, -0.05) is 0 Å². The third-order valence-corrected chi connectivity index (χ3v) is 1.38. The van der Waals surface area contributed by atoms with Gasteiger partial charge in [-0.25, -0.2) is 0 Å². The van der Waals surface area contributed by atoms with E-state index in [1.807, 2.05) is 0 Å². The smallest absolute Gasteiger partial charge is 0.189 e. The topological polar surface area (TPSA) is 95.4 Å². The second-order valence-electron chi connectivity index (χ2n) is 2.41. The molecule has 4 N–H and O–H groups in total. The van der Waals surface area contributed by atoms with Gasteiger partial charge in [-0.3, -0.25) is 4.79 Å². The lowest BCUT2D eigenvalue weighted by molar-refractivity contribution is 0.110. The minimum atomic E-state index is 0.199. The third-order valence-electron chi connectivity index (χ3n) is 1.38. The van der Waals surface area contributed by atoms with Crippen LogP contribution in [0.3, 0.4) is 0 Å². The molecule has 0 unspecified atom stereocenters. The fourth-order valence-electron chi connectivity index (χ4n) is 0.702. The summed E-state index contributed by atoms with van der Waals surface area (Å²) in [6.07, 6.45) is 4.98. The number of nitrogen functional groups attached to an aromatic ring is 2. The lowest BCUT2D eigenvalue weighted by atomic mass is 10.4. The van der Waals surface area contributed by atoms with Gasteiger partial charge in [-0.05, 0) is 6.07 Å². The van der Waals surface area contributed by atoms with Crippen molar-refractivity contribution in [1.29, 1.82) is 0 Å². The van der Waals surface area contributed by atoms with Crippen molar-refractivity contribution in [2.75, 3.05) is 11.5 Å². The maximum atomic E-state index is 9.91. The molecule has 0 aromatic carbocycles. The minimum Gasteiger partial charge on any atom is -0.470 e. The van der Waals surface area contributed by atoms with Crippen molar-refractivity contribution in [3.05, 3.63) is 36.7 Å². The summed E-state index contributed by atoms with van der Waals surface area (Å²) >= 11 is 0. The van der Waals surface area contributed by atoms with Crippen molar-refractivity contribution in [3.63, 3.8) is 0 Å². The van der Waals surface area contributed by atoms with Crippen LogP contribution in [0.25, 0.3) is 0 Å². The maximum absolute atomic E-state index is 9.91. The van der Waals surface area contributed by atoms with E-state index >= 15 is 0 Å². The van der Waals surface area contributed by atoms with E-state index in [2.05, 4.69) is 8.83 Å². The van der Waals surface area contributed by atoms with E-state index in [1.54, 1.807) is 6.07 Å². The van der Waals surface area contributed by atoms with Crippen molar-refractivity contribution < 1.29 is 13.6 Å². The van der Waals surface area contributed by atoms with Crippen molar-refractivity contribution >= 4 is 17.7 Å². The molecule has 0 saturated heterocycles. The van der Waals surface area contributed by atoms with E-state index in [-0.39, 0.29) is 5.76 Å². The largest absolute Gasteiger partial charge is 0.470 e. The Morgan fingerprint density at radius 2 is 2.00 bits per heavy atom. The number of rotatable bonds is 1. The van der Waals surface area contributed by atoms with Gasteiger partial charge in [-0.15, -0.1) is 0 Å². The van der Waals surface area contributed by atoms with Gasteiger partial charge in [-0.2, -0.15) is 0 Å². The highest BCUT2D eigenvalue weighted by atomic mass is 16.3. The summed E-state index contributed by atoms with van der Waals surface area (Å²) in [7, 11) is 0. The van der Waals surface area contributed by atoms with Crippen LogP contribution < -0.4 is 11.5 Å². The Morgan fingerprint density at radius 1 is 1.21 bits per heavy atom. The van der Waals surface area contributed by atoms with Gasteiger partial charge < -0.3 is 20.3 Å². The molecule has 0 aliphatic rings. The van der Waals surface area contributed by atoms with Crippen molar-refractivity contribution in [2.24, 2.45) is 0 Å². The number of carbonyl (C=O) groups excluding carboxylic acids is 1. The predicted molar refractivity (Wildman–Crippen MR) is 51.6 cm³/mol. The average molecular weight is 194 g/mol. The molecule has 0 amide bonds. The molecule has 0 spiro atoms. The molecular formula is C9H10N2O3. The Morgan fingerprint density at radius 3 is 2.21 bits per heavy atom. The highest BCUT2D eigenvalue weighted by Gasteiger charge is 1.96. The van der Waals surface area contributed by atoms with Crippen LogP contribution in [-0.2, 0) is 0 Å². The van der Waals surface area contributed by atoms with E-state index in [9.17, 15) is 4.79 Å². The molecule has 5 heteroatoms. The van der Waals surface area contributed by atoms with Crippen LogP contribution in [0.5, 0.6) is 0 Å². The second kappa shape index (κ2) is 4.76. The Labute approximate surface area is 80.3 Å². The summed E-state index contributed by atoms with van der Waals surface area (Å²) in [5.41, 5.74) is 11.5. The van der Waals surface area contributed by atoms with Gasteiger partial charge in [0.2, 0.25) is 0 Å². The molecule has 2 heterocycles. The predicted octanol–water partition coefficient (Wildman–Crippen LogP) is 1.54. The number of carbonyl (C=O) groups is 1. The summed E-state index contributed by atoms with van der Waals surface area (Å²) < 4.78 is 9.21. The normalized spacial score (nSPS) is 8.86. The number of anilines is 2. The molecule has 5 nitrogen and oxygen atoms in total. The Bertz CT molecular complexity index is 378. The van der Waals surface area contributed by atoms with Crippen LogP contribution in [0.1, 0.15) is 10.6 Å². The fraction of sp³-hybridized carbons (Fsp3) is 0. The van der Waals surface area contributed by atoms with Gasteiger partial charge in [0, 0.05) is 6.07 Å². The summed E-state index contributed by atoms with van der Waals surface area (Å²) in [4.78, 5) is 9.91. The average Bonchev–Trinajstić information content (AvgIpc) is 2.77. The van der Waals surface area contributed by atoms with E-state index in [0.717, 1.165) is 0 Å². The van der Waals surface area contributed by atoms with E-state index in [1.165, 1.54) is 24.9 Å². The molecule has 2 aromatic rings. The molecule has 0 aliphatic carbocycles. The highest BCUT2D eigenvalue weighted by Crippen LogP contribution is 2.07. The number of aldehydes is 1. The van der Waals surface area contributed by atoms with Gasteiger partial charge >= 0.3 is 0 Å². The quantitative estimate of drug-likeness (QED) is 0.671. The Balaban J connectivity index is 0.000000146. The Kier molecular flexibility index (Phi) is 3.37. The Hall–Kier alpha value is -2.17. The van der Waals surface area contributed by atoms with Crippen LogP contribution in [0.15, 0.2) is 39.8 Å². The number of nitrogens with two attached hydrogens (primary N) is 2. The van der Waals surface area contributed by atoms with Crippen LogP contribution in [0.2, 0.25) is 0 Å². The molecule has 74 valence electrons. The zero-order chi connectivity index (χ0) is 10.4. The summed E-state index contributed by atoms with van der Waals surface area (Å²) in [6.45, 7) is 0. The van der Waals surface area contributed by atoms with Crippen LogP contribution in [0, 0.1) is 0 Å². The molecule has 0 bridgehead atoms. The standard InChI is InChI=1S/C5H5NO2.C4H5NO/c6-4-1-2-8-5(4)3-7;5-4-1-2-6-3-4/h1-3H,6H2;1-3H,5H2. The lowest BCUT2D eigenvalue weighted by Crippen LogP contribution is -1.84. The zero-order valence-electron chi connectivity index (χ0n) is 7.34. The van der Waals surface area contributed by atoms with E-state index < -0.39 is 0 Å². The molecule has 0 saturated carbocycles. The number of hydrogen-bond donors (Lipinski definition) is 2. The van der Waals surface area contributed by atoms with Gasteiger partial charge in [0.1, 0.15) is 6.26 Å². The highest BCUT2D eigenvalue weighted by molar-refractivity contribution is 5.78. The SMILES string of the molecule is Nc1ccoc1.Nc1ccoc1C=O. The van der Waals surface area contributed by atoms with Gasteiger partial charge in [0.25, 0.3) is 0 Å². The fourth-order valence-corrected chi connectivity index (χ4v) is 0.702. The molecule has 0 radical (unpaired) electrons. The summed E-state index contributed by atoms with van der Waals surface area (Å²) in [5, 5.41) is 0. The molecule has 0 fully saturated rings. The second-order valence-corrected chi connectivity index (χ2v) is 2.41. The first kappa shape index (κ1) is 9.91. The van der Waals surface area contributed by atoms with Crippen molar-refractivity contribution in [3.8, 4) is 0 Å². The molecule has 2 rings (SSSR count). The molecular weight excluding hydrogens is 184 g/mol. The minimum absolute atomic E-state index is 0.199. The van der Waals surface area contributed by atoms with Crippen molar-refractivity contribution in [1.82, 2.24) is 0 Å². The van der Waals surface area contributed by atoms with E-state index in [0.29, 0.717) is 17.7 Å². The summed E-state index contributed by atoms with van der Waals surface area (Å²) in [5.74, 6) is 0.199. The number of furan rings is 2. The number of hydrogen-bond acceptors (Lipinski definition) is 5. The molecule has 0 aliphatic heterocycles. The van der Waals surface area contributed by atoms with Crippen LogP contribution in [0.4, 0.5) is 11.4 Å². The molecule has 0 atom stereocenters. The van der Waals surface area contributed by atoms with Gasteiger partial charge in [0.15, 0.2) is 12.0 Å². The van der Waals surface area contributed by atoms with Crippen molar-refractivity contribution in [2.45, 2.75) is 0 Å². The van der Waals surface area contributed by atoms with Crippen LogP contribution in [-0.4, -0.2) is 6.29 Å². The first-order valence-electron chi connectivity index (χ1n) is 3.80. The summed E-state index contributed by atoms with van der Waals surface area (Å²) in [6, 6.07) is 3.23. The zero-order valence-corrected chi connectivity index (χ0v) is 7.34. The molecule has 14 heavy (non-hydrogen) atoms. The third kappa shape index (κ3) is 2.71. The van der Waals surface area contributed by atoms with E-state index in [4.69, 9.17) is 11.5 Å².